The molecule has 0 fully saturated rings. The van der Waals surface area contributed by atoms with E-state index in [1.54, 1.807) is 12.4 Å². The summed E-state index contributed by atoms with van der Waals surface area (Å²) in [6, 6.07) is 3.77. The van der Waals surface area contributed by atoms with Gasteiger partial charge in [-0.05, 0) is 17.7 Å². The van der Waals surface area contributed by atoms with Crippen LogP contribution in [0.2, 0.25) is 5.02 Å². The third kappa shape index (κ3) is 2.54. The monoisotopic (exact) mass is 295 g/mol. The molecule has 0 saturated heterocycles. The number of nitrogens with zero attached hydrogens (tertiary/aromatic N) is 2. The number of nitrogen functional groups attached to an aromatic ring is 1. The van der Waals surface area contributed by atoms with Gasteiger partial charge in [-0.3, -0.25) is 0 Å². The van der Waals surface area contributed by atoms with E-state index in [4.69, 9.17) is 26.8 Å². The van der Waals surface area contributed by atoms with Crippen LogP contribution in [0.25, 0.3) is 0 Å². The molecule has 5 nitrogen and oxygen atoms in total. The highest BCUT2D eigenvalue weighted by molar-refractivity contribution is 7.98. The van der Waals surface area contributed by atoms with Crippen molar-refractivity contribution in [1.29, 1.82) is 0 Å². The van der Waals surface area contributed by atoms with Crippen LogP contribution in [-0.2, 0) is 5.75 Å². The Morgan fingerprint density at radius 1 is 1.26 bits per heavy atom. The van der Waals surface area contributed by atoms with Gasteiger partial charge in [-0.25, -0.2) is 9.97 Å². The quantitative estimate of drug-likeness (QED) is 0.878. The lowest BCUT2D eigenvalue weighted by molar-refractivity contribution is 0.174. The molecule has 0 amide bonds. The lowest BCUT2D eigenvalue weighted by Gasteiger charge is -2.05. The molecule has 19 heavy (non-hydrogen) atoms. The Kier molecular flexibility index (Phi) is 3.35. The summed E-state index contributed by atoms with van der Waals surface area (Å²) < 4.78 is 10.6. The van der Waals surface area contributed by atoms with E-state index in [9.17, 15) is 0 Å². The van der Waals surface area contributed by atoms with E-state index in [0.29, 0.717) is 33.1 Å². The van der Waals surface area contributed by atoms with Crippen molar-refractivity contribution in [3.63, 3.8) is 0 Å². The lowest BCUT2D eigenvalue weighted by atomic mass is 10.2. The van der Waals surface area contributed by atoms with Gasteiger partial charge in [-0.15, -0.1) is 0 Å². The molecule has 0 radical (unpaired) electrons. The van der Waals surface area contributed by atoms with Gasteiger partial charge in [0.2, 0.25) is 6.79 Å². The van der Waals surface area contributed by atoms with Crippen LogP contribution in [0, 0.1) is 0 Å². The molecule has 1 aliphatic rings. The van der Waals surface area contributed by atoms with Crippen LogP contribution < -0.4 is 15.2 Å². The molecular formula is C12H10ClN3O2S. The average molecular weight is 296 g/mol. The van der Waals surface area contributed by atoms with E-state index in [0.717, 1.165) is 5.56 Å². The van der Waals surface area contributed by atoms with Crippen molar-refractivity contribution in [2.24, 2.45) is 0 Å². The van der Waals surface area contributed by atoms with Crippen molar-refractivity contribution in [3.8, 4) is 11.5 Å². The predicted molar refractivity (Wildman–Crippen MR) is 73.6 cm³/mol. The summed E-state index contributed by atoms with van der Waals surface area (Å²) in [5.41, 5.74) is 6.76. The first-order valence-corrected chi connectivity index (χ1v) is 6.87. The first-order chi connectivity index (χ1) is 9.24. The molecular weight excluding hydrogens is 286 g/mol. The maximum absolute atomic E-state index is 6.12. The molecule has 0 spiro atoms. The van der Waals surface area contributed by atoms with Crippen molar-refractivity contribution in [2.45, 2.75) is 10.8 Å². The van der Waals surface area contributed by atoms with Crippen LogP contribution in [0.15, 0.2) is 29.6 Å². The summed E-state index contributed by atoms with van der Waals surface area (Å²) >= 11 is 7.62. The van der Waals surface area contributed by atoms with Gasteiger partial charge in [-0.2, -0.15) is 0 Å². The maximum Gasteiger partial charge on any atom is 0.231 e. The second-order valence-electron chi connectivity index (χ2n) is 3.85. The molecule has 7 heteroatoms. The fourth-order valence-corrected chi connectivity index (χ4v) is 2.80. The minimum atomic E-state index is 0.211. The number of ether oxygens (including phenoxy) is 2. The highest BCUT2D eigenvalue weighted by Gasteiger charge is 2.18. The SMILES string of the molecule is Nc1nccnc1SCc1cc(Cl)c2c(c1)OCO2. The Morgan fingerprint density at radius 3 is 2.95 bits per heavy atom. The molecule has 2 aromatic rings. The molecule has 1 aromatic carbocycles. The molecule has 2 heterocycles. The fraction of sp³-hybridized carbons (Fsp3) is 0.167. The summed E-state index contributed by atoms with van der Waals surface area (Å²) in [6.07, 6.45) is 3.18. The van der Waals surface area contributed by atoms with E-state index in [2.05, 4.69) is 9.97 Å². The van der Waals surface area contributed by atoms with E-state index in [1.807, 2.05) is 12.1 Å². The minimum absolute atomic E-state index is 0.211. The van der Waals surface area contributed by atoms with Crippen LogP contribution in [0.4, 0.5) is 5.82 Å². The topological polar surface area (TPSA) is 70.3 Å². The second kappa shape index (κ2) is 5.14. The van der Waals surface area contributed by atoms with Gasteiger partial charge >= 0.3 is 0 Å². The first kappa shape index (κ1) is 12.4. The molecule has 0 aliphatic carbocycles. The lowest BCUT2D eigenvalue weighted by Crippen LogP contribution is -1.95. The average Bonchev–Trinajstić information content (AvgIpc) is 2.87. The molecule has 1 aliphatic heterocycles. The van der Waals surface area contributed by atoms with Crippen LogP contribution in [0.1, 0.15) is 5.56 Å². The number of halogens is 1. The summed E-state index contributed by atoms with van der Waals surface area (Å²) in [4.78, 5) is 8.17. The summed E-state index contributed by atoms with van der Waals surface area (Å²) in [5, 5.41) is 1.26. The Hall–Kier alpha value is -1.66. The predicted octanol–water partition coefficient (Wildman–Crippen LogP) is 2.73. The number of aromatic nitrogens is 2. The Bertz CT molecular complexity index is 624. The molecule has 0 bridgehead atoms. The largest absolute Gasteiger partial charge is 0.454 e. The highest BCUT2D eigenvalue weighted by Crippen LogP contribution is 2.40. The van der Waals surface area contributed by atoms with Gasteiger partial charge in [0.1, 0.15) is 5.03 Å². The zero-order valence-electron chi connectivity index (χ0n) is 9.80. The molecule has 0 atom stereocenters. The Morgan fingerprint density at radius 2 is 2.11 bits per heavy atom. The van der Waals surface area contributed by atoms with Crippen LogP contribution >= 0.6 is 23.4 Å². The van der Waals surface area contributed by atoms with Crippen molar-refractivity contribution >= 4 is 29.2 Å². The summed E-state index contributed by atoms with van der Waals surface area (Å²) in [6.45, 7) is 0.211. The minimum Gasteiger partial charge on any atom is -0.454 e. The van der Waals surface area contributed by atoms with Crippen molar-refractivity contribution in [1.82, 2.24) is 9.97 Å². The number of thioether (sulfide) groups is 1. The molecule has 0 unspecified atom stereocenters. The third-order valence-electron chi connectivity index (χ3n) is 2.55. The van der Waals surface area contributed by atoms with Crippen molar-refractivity contribution < 1.29 is 9.47 Å². The number of hydrogen-bond acceptors (Lipinski definition) is 6. The first-order valence-electron chi connectivity index (χ1n) is 5.51. The van der Waals surface area contributed by atoms with Crippen molar-refractivity contribution in [3.05, 3.63) is 35.1 Å². The van der Waals surface area contributed by atoms with Gasteiger partial charge in [0.05, 0.1) is 5.02 Å². The number of rotatable bonds is 3. The standard InChI is InChI=1S/C12H10ClN3O2S/c13-8-3-7(4-9-10(8)18-6-17-9)5-19-12-11(14)15-1-2-16-12/h1-4H,5-6H2,(H2,14,15). The van der Waals surface area contributed by atoms with E-state index >= 15 is 0 Å². The Labute approximate surface area is 119 Å². The van der Waals surface area contributed by atoms with E-state index in [1.165, 1.54) is 11.8 Å². The Balaban J connectivity index is 1.78. The summed E-state index contributed by atoms with van der Waals surface area (Å²) in [7, 11) is 0. The van der Waals surface area contributed by atoms with Crippen LogP contribution in [-0.4, -0.2) is 16.8 Å². The molecule has 1 aromatic heterocycles. The number of anilines is 1. The van der Waals surface area contributed by atoms with Gasteiger partial charge in [0, 0.05) is 18.1 Å². The normalized spacial score (nSPS) is 12.7. The zero-order chi connectivity index (χ0) is 13.2. The van der Waals surface area contributed by atoms with Gasteiger partial charge in [-0.1, -0.05) is 23.4 Å². The molecule has 3 rings (SSSR count). The number of benzene rings is 1. The molecule has 2 N–H and O–H groups in total. The molecule has 0 saturated carbocycles. The van der Waals surface area contributed by atoms with Gasteiger partial charge in [0.15, 0.2) is 17.3 Å². The number of nitrogens with two attached hydrogens (primary N) is 1. The van der Waals surface area contributed by atoms with Gasteiger partial charge in [0.25, 0.3) is 0 Å². The smallest absolute Gasteiger partial charge is 0.231 e. The van der Waals surface area contributed by atoms with Gasteiger partial charge < -0.3 is 15.2 Å². The number of hydrogen-bond donors (Lipinski definition) is 1. The zero-order valence-corrected chi connectivity index (χ0v) is 11.4. The van der Waals surface area contributed by atoms with Crippen LogP contribution in [0.3, 0.4) is 0 Å². The third-order valence-corrected chi connectivity index (χ3v) is 3.90. The van der Waals surface area contributed by atoms with E-state index < -0.39 is 0 Å². The van der Waals surface area contributed by atoms with Crippen LogP contribution in [0.5, 0.6) is 11.5 Å². The molecule has 98 valence electrons. The maximum atomic E-state index is 6.12. The van der Waals surface area contributed by atoms with Crippen molar-refractivity contribution in [2.75, 3.05) is 12.5 Å². The fourth-order valence-electron chi connectivity index (χ4n) is 1.70. The highest BCUT2D eigenvalue weighted by atomic mass is 35.5. The number of fused-ring (bicyclic) bond motifs is 1. The summed E-state index contributed by atoms with van der Waals surface area (Å²) in [5.74, 6) is 2.39. The second-order valence-corrected chi connectivity index (χ2v) is 5.22. The van der Waals surface area contributed by atoms with E-state index in [-0.39, 0.29) is 6.79 Å².